The lowest BCUT2D eigenvalue weighted by Gasteiger charge is -2.25. The molecule has 0 saturated carbocycles. The zero-order valence-corrected chi connectivity index (χ0v) is 22.2. The van der Waals surface area contributed by atoms with Gasteiger partial charge >= 0.3 is 0 Å². The van der Waals surface area contributed by atoms with Gasteiger partial charge in [0.05, 0.1) is 17.2 Å². The quantitative estimate of drug-likeness (QED) is 0.372. The van der Waals surface area contributed by atoms with Gasteiger partial charge < -0.3 is 20.5 Å². The number of hydrogen-bond donors (Lipinski definition) is 2. The maximum atomic E-state index is 13.9. The molecule has 0 spiro atoms. The van der Waals surface area contributed by atoms with Crippen LogP contribution in [0.2, 0.25) is 0 Å². The Morgan fingerprint density at radius 2 is 1.80 bits per heavy atom. The van der Waals surface area contributed by atoms with Crippen molar-refractivity contribution in [3.05, 3.63) is 98.5 Å². The predicted octanol–water partition coefficient (Wildman–Crippen LogP) is 4.26. The molecule has 1 aliphatic rings. The molecular weight excluding hydrogens is 517 g/mol. The van der Waals surface area contributed by atoms with Crippen molar-refractivity contribution < 1.29 is 23.3 Å². The van der Waals surface area contributed by atoms with E-state index in [0.717, 1.165) is 16.9 Å². The number of nitrogens with two attached hydrogens (primary N) is 1. The molecule has 4 aromatic rings. The first kappa shape index (κ1) is 26.5. The van der Waals surface area contributed by atoms with Crippen LogP contribution in [0.1, 0.15) is 67.6 Å². The Morgan fingerprint density at radius 3 is 2.40 bits per heavy atom. The first-order chi connectivity index (χ1) is 19.0. The van der Waals surface area contributed by atoms with Crippen LogP contribution < -0.4 is 21.5 Å². The third kappa shape index (κ3) is 4.35. The number of carbonyl (C=O) groups excluding carboxylic acids is 3. The van der Waals surface area contributed by atoms with Gasteiger partial charge in [0.1, 0.15) is 17.3 Å². The Kier molecular flexibility index (Phi) is 6.58. The lowest BCUT2D eigenvalue weighted by atomic mass is 9.99. The molecule has 204 valence electrons. The van der Waals surface area contributed by atoms with Gasteiger partial charge in [-0.2, -0.15) is 4.74 Å². The molecule has 1 aliphatic heterocycles. The summed E-state index contributed by atoms with van der Waals surface area (Å²) in [4.78, 5) is 57.2. The lowest BCUT2D eigenvalue weighted by molar-refractivity contribution is 0.0984. The molecular formula is C29H26FN5O5. The Balaban J connectivity index is 1.51. The fourth-order valence-corrected chi connectivity index (χ4v) is 5.15. The summed E-state index contributed by atoms with van der Waals surface area (Å²) in [6.07, 6.45) is 0.481. The molecule has 0 saturated heterocycles. The number of primary amides is 1. The van der Waals surface area contributed by atoms with Crippen molar-refractivity contribution in [3.63, 3.8) is 0 Å². The van der Waals surface area contributed by atoms with E-state index in [1.54, 1.807) is 49.1 Å². The number of amides is 3. The molecule has 3 N–H and O–H groups in total. The summed E-state index contributed by atoms with van der Waals surface area (Å²) in [6.45, 7) is 5.29. The number of nitrogens with zero attached hydrogens (tertiary/aromatic N) is 3. The number of fused-ring (bicyclic) bond motifs is 1. The number of halogens is 1. The minimum absolute atomic E-state index is 0.0526. The second-order valence-corrected chi connectivity index (χ2v) is 9.56. The van der Waals surface area contributed by atoms with E-state index in [1.165, 1.54) is 13.1 Å². The normalized spacial score (nSPS) is 14.4. The summed E-state index contributed by atoms with van der Waals surface area (Å²) in [5.74, 6) is -2.19. The SMILES string of the molecule is CC[C@H]1c2c(cc(C)nc2C(=O)Nc2ccc(F)c(C(N)=O)c2)C(=O)N1c1ccc(-c2c(C)on(C)c2=O)cc1. The third-order valence-corrected chi connectivity index (χ3v) is 6.93. The molecule has 5 rings (SSSR count). The van der Waals surface area contributed by atoms with Crippen LogP contribution in [-0.4, -0.2) is 27.4 Å². The van der Waals surface area contributed by atoms with E-state index in [2.05, 4.69) is 10.3 Å². The molecule has 0 fully saturated rings. The topological polar surface area (TPSA) is 141 Å². The Morgan fingerprint density at radius 1 is 1.10 bits per heavy atom. The van der Waals surface area contributed by atoms with Gasteiger partial charge in [-0.25, -0.2) is 9.37 Å². The fourth-order valence-electron chi connectivity index (χ4n) is 5.15. The molecule has 1 atom stereocenters. The van der Waals surface area contributed by atoms with E-state index >= 15 is 0 Å². The first-order valence-corrected chi connectivity index (χ1v) is 12.5. The van der Waals surface area contributed by atoms with Crippen LogP contribution in [-0.2, 0) is 7.05 Å². The van der Waals surface area contributed by atoms with Crippen molar-refractivity contribution in [2.75, 3.05) is 10.2 Å². The van der Waals surface area contributed by atoms with E-state index in [-0.39, 0.29) is 28.4 Å². The van der Waals surface area contributed by atoms with E-state index in [1.807, 2.05) is 6.92 Å². The molecule has 11 heteroatoms. The van der Waals surface area contributed by atoms with Crippen LogP contribution in [0.4, 0.5) is 15.8 Å². The molecule has 0 aliphatic carbocycles. The van der Waals surface area contributed by atoms with Gasteiger partial charge in [-0.1, -0.05) is 19.1 Å². The van der Waals surface area contributed by atoms with Gasteiger partial charge in [0.25, 0.3) is 23.3 Å². The lowest BCUT2D eigenvalue weighted by Crippen LogP contribution is -2.28. The smallest absolute Gasteiger partial charge is 0.290 e. The van der Waals surface area contributed by atoms with E-state index in [4.69, 9.17) is 10.3 Å². The van der Waals surface area contributed by atoms with E-state index in [0.29, 0.717) is 45.8 Å². The highest BCUT2D eigenvalue weighted by atomic mass is 19.1. The molecule has 0 radical (unpaired) electrons. The molecule has 2 aromatic carbocycles. The maximum Gasteiger partial charge on any atom is 0.290 e. The molecule has 40 heavy (non-hydrogen) atoms. The maximum absolute atomic E-state index is 13.9. The van der Waals surface area contributed by atoms with Crippen molar-refractivity contribution >= 4 is 29.1 Å². The summed E-state index contributed by atoms with van der Waals surface area (Å²) in [6, 6.07) is 11.6. The van der Waals surface area contributed by atoms with Crippen LogP contribution in [0.25, 0.3) is 11.1 Å². The molecule has 10 nitrogen and oxygen atoms in total. The average Bonchev–Trinajstić information content (AvgIpc) is 3.34. The van der Waals surface area contributed by atoms with Crippen LogP contribution in [0.15, 0.2) is 57.8 Å². The van der Waals surface area contributed by atoms with Gasteiger partial charge in [0.15, 0.2) is 0 Å². The highest BCUT2D eigenvalue weighted by Gasteiger charge is 2.40. The van der Waals surface area contributed by atoms with Gasteiger partial charge in [0, 0.05) is 35.2 Å². The van der Waals surface area contributed by atoms with Gasteiger partial charge in [-0.05, 0) is 62.2 Å². The van der Waals surface area contributed by atoms with Crippen molar-refractivity contribution in [2.45, 2.75) is 33.2 Å². The number of benzene rings is 2. The summed E-state index contributed by atoms with van der Waals surface area (Å²) >= 11 is 0. The van der Waals surface area contributed by atoms with Gasteiger partial charge in [0.2, 0.25) is 0 Å². The molecule has 2 aromatic heterocycles. The van der Waals surface area contributed by atoms with E-state index in [9.17, 15) is 23.6 Å². The van der Waals surface area contributed by atoms with Gasteiger partial charge in [-0.15, -0.1) is 0 Å². The first-order valence-electron chi connectivity index (χ1n) is 12.5. The standard InChI is InChI=1S/C29H26FN5O5/c1-5-22-24-20(12-14(2)32-25(24)27(37)33-17-8-11-21(30)19(13-17)26(31)36)28(38)35(22)18-9-6-16(7-10-18)23-15(3)40-34(4)29(23)39/h6-13,22H,5H2,1-4H3,(H2,31,36)(H,33,37)/t22-/m0/s1. The number of rotatable bonds is 6. The minimum Gasteiger partial charge on any atom is -0.381 e. The van der Waals surface area contributed by atoms with Crippen molar-refractivity contribution in [2.24, 2.45) is 12.8 Å². The molecule has 3 amide bonds. The van der Waals surface area contributed by atoms with Crippen molar-refractivity contribution in [3.8, 4) is 11.1 Å². The highest BCUT2D eigenvalue weighted by molar-refractivity contribution is 6.15. The Hall–Kier alpha value is -5.06. The number of hydrogen-bond acceptors (Lipinski definition) is 6. The molecule has 3 heterocycles. The van der Waals surface area contributed by atoms with Crippen molar-refractivity contribution in [1.82, 2.24) is 9.72 Å². The second kappa shape index (κ2) is 9.92. The molecule has 0 unspecified atom stereocenters. The van der Waals surface area contributed by atoms with Gasteiger partial charge in [-0.3, -0.25) is 19.2 Å². The number of aromatic nitrogens is 2. The number of aryl methyl sites for hydroxylation is 3. The van der Waals surface area contributed by atoms with Crippen LogP contribution >= 0.6 is 0 Å². The van der Waals surface area contributed by atoms with Crippen molar-refractivity contribution in [1.29, 1.82) is 0 Å². The zero-order valence-electron chi connectivity index (χ0n) is 22.2. The highest BCUT2D eigenvalue weighted by Crippen LogP contribution is 2.41. The third-order valence-electron chi connectivity index (χ3n) is 6.93. The fraction of sp³-hybridized carbons (Fsp3) is 0.207. The summed E-state index contributed by atoms with van der Waals surface area (Å²) < 4.78 is 20.5. The molecule has 0 bridgehead atoms. The number of carbonyl (C=O) groups is 3. The van der Waals surface area contributed by atoms with E-state index < -0.39 is 23.7 Å². The Bertz CT molecular complexity index is 1760. The van der Waals surface area contributed by atoms with Crippen LogP contribution in [0.3, 0.4) is 0 Å². The number of anilines is 2. The minimum atomic E-state index is -0.968. The van der Waals surface area contributed by atoms with Crippen LogP contribution in [0, 0.1) is 19.7 Å². The number of pyridine rings is 1. The zero-order chi connectivity index (χ0) is 28.9. The monoisotopic (exact) mass is 543 g/mol. The Labute approximate surface area is 228 Å². The largest absolute Gasteiger partial charge is 0.381 e. The predicted molar refractivity (Wildman–Crippen MR) is 146 cm³/mol. The average molecular weight is 544 g/mol. The second-order valence-electron chi connectivity index (χ2n) is 9.56. The van der Waals surface area contributed by atoms with Crippen LogP contribution in [0.5, 0.6) is 0 Å². The summed E-state index contributed by atoms with van der Waals surface area (Å²) in [5.41, 5.74) is 7.78. The summed E-state index contributed by atoms with van der Waals surface area (Å²) in [7, 11) is 1.54. The number of nitrogens with one attached hydrogen (secondary N) is 1. The summed E-state index contributed by atoms with van der Waals surface area (Å²) in [5, 5.41) is 2.64.